The quantitative estimate of drug-likeness (QED) is 0.324. The van der Waals surface area contributed by atoms with Gasteiger partial charge < -0.3 is 10.5 Å². The Hall–Kier alpha value is -3.79. The molecule has 5 rings (SSSR count). The Kier molecular flexibility index (Phi) is 7.63. The molecule has 0 saturated carbocycles. The fraction of sp³-hybridized carbons (Fsp3) is 0.273. The molecule has 1 heterocycles. The van der Waals surface area contributed by atoms with Crippen LogP contribution in [0.3, 0.4) is 0 Å². The van der Waals surface area contributed by atoms with E-state index in [0.29, 0.717) is 40.6 Å². The minimum atomic E-state index is -0.662. The lowest BCUT2D eigenvalue weighted by Gasteiger charge is -2.44. The van der Waals surface area contributed by atoms with Gasteiger partial charge in [0, 0.05) is 23.4 Å². The molecule has 2 N–H and O–H groups in total. The van der Waals surface area contributed by atoms with Gasteiger partial charge in [-0.25, -0.2) is 4.39 Å². The lowest BCUT2D eigenvalue weighted by atomic mass is 9.68. The first-order valence-corrected chi connectivity index (χ1v) is 14.1. The lowest BCUT2D eigenvalue weighted by molar-refractivity contribution is -0.118. The topological polar surface area (TPSA) is 79.3 Å². The molecule has 0 amide bonds. The van der Waals surface area contributed by atoms with Crippen molar-refractivity contribution in [2.24, 2.45) is 11.1 Å². The SMILES string of the molecule is Cc1cc(COc2ccccc2Cl)c(C)c(C2C(C#N)=C(N)N(c3ccc(F)c(Cl)c3)C3=C2C(=O)CC(C)(C)C3)c1. The van der Waals surface area contributed by atoms with Gasteiger partial charge >= 0.3 is 0 Å². The third kappa shape index (κ3) is 5.32. The number of nitriles is 1. The Balaban J connectivity index is 1.69. The van der Waals surface area contributed by atoms with E-state index in [1.807, 2.05) is 58.0 Å². The predicted octanol–water partition coefficient (Wildman–Crippen LogP) is 8.27. The first kappa shape index (κ1) is 28.7. The van der Waals surface area contributed by atoms with Crippen molar-refractivity contribution in [3.8, 4) is 11.8 Å². The molecule has 41 heavy (non-hydrogen) atoms. The molecular weight excluding hydrogens is 560 g/mol. The number of carbonyl (C=O) groups is 1. The van der Waals surface area contributed by atoms with Gasteiger partial charge in [0.05, 0.1) is 27.6 Å². The van der Waals surface area contributed by atoms with Crippen LogP contribution in [0.5, 0.6) is 5.75 Å². The highest BCUT2D eigenvalue weighted by molar-refractivity contribution is 6.32. The fourth-order valence-electron chi connectivity index (χ4n) is 5.87. The van der Waals surface area contributed by atoms with Gasteiger partial charge in [-0.1, -0.05) is 66.9 Å². The Morgan fingerprint density at radius 3 is 2.51 bits per heavy atom. The van der Waals surface area contributed by atoms with Crippen molar-refractivity contribution in [1.29, 1.82) is 5.26 Å². The van der Waals surface area contributed by atoms with Crippen LogP contribution in [-0.2, 0) is 11.4 Å². The molecule has 0 saturated heterocycles. The highest BCUT2D eigenvalue weighted by Gasteiger charge is 2.45. The first-order chi connectivity index (χ1) is 19.4. The molecule has 8 heteroatoms. The average molecular weight is 591 g/mol. The molecule has 1 atom stereocenters. The van der Waals surface area contributed by atoms with Crippen molar-refractivity contribution in [2.75, 3.05) is 4.90 Å². The Morgan fingerprint density at radius 1 is 1.10 bits per heavy atom. The molecule has 0 aromatic heterocycles. The number of ether oxygens (including phenoxy) is 1. The molecule has 0 bridgehead atoms. The maximum absolute atomic E-state index is 14.1. The van der Waals surface area contributed by atoms with E-state index in [1.54, 1.807) is 17.0 Å². The number of allylic oxidation sites excluding steroid dienone is 3. The number of hydrogen-bond acceptors (Lipinski definition) is 5. The number of hydrogen-bond donors (Lipinski definition) is 1. The summed E-state index contributed by atoms with van der Waals surface area (Å²) in [7, 11) is 0. The van der Waals surface area contributed by atoms with Crippen LogP contribution >= 0.6 is 23.2 Å². The largest absolute Gasteiger partial charge is 0.487 e. The number of anilines is 1. The minimum Gasteiger partial charge on any atom is -0.487 e. The van der Waals surface area contributed by atoms with E-state index in [4.69, 9.17) is 33.7 Å². The zero-order chi connectivity index (χ0) is 29.6. The molecule has 1 aliphatic heterocycles. The number of benzene rings is 3. The van der Waals surface area contributed by atoms with Crippen molar-refractivity contribution in [2.45, 2.75) is 53.1 Å². The van der Waals surface area contributed by atoms with Gasteiger partial charge in [-0.05, 0) is 72.7 Å². The minimum absolute atomic E-state index is 0.0468. The second kappa shape index (κ2) is 10.9. The molecule has 2 aliphatic rings. The molecule has 1 aliphatic carbocycles. The Morgan fingerprint density at radius 2 is 1.83 bits per heavy atom. The van der Waals surface area contributed by atoms with Crippen molar-refractivity contribution in [3.63, 3.8) is 0 Å². The summed E-state index contributed by atoms with van der Waals surface area (Å²) < 4.78 is 20.2. The summed E-state index contributed by atoms with van der Waals surface area (Å²) in [5, 5.41) is 10.9. The molecule has 210 valence electrons. The monoisotopic (exact) mass is 589 g/mol. The van der Waals surface area contributed by atoms with Crippen LogP contribution in [-0.4, -0.2) is 5.78 Å². The number of nitrogens with zero attached hydrogens (tertiary/aromatic N) is 2. The third-order valence-corrected chi connectivity index (χ3v) is 8.37. The molecule has 3 aromatic carbocycles. The van der Waals surface area contributed by atoms with Crippen LogP contribution in [0, 0.1) is 36.4 Å². The maximum Gasteiger partial charge on any atom is 0.162 e. The van der Waals surface area contributed by atoms with Crippen molar-refractivity contribution in [3.05, 3.63) is 115 Å². The Labute approximate surface area is 249 Å². The van der Waals surface area contributed by atoms with E-state index in [0.717, 1.165) is 22.3 Å². The summed E-state index contributed by atoms with van der Waals surface area (Å²) in [5.74, 6) is -0.512. The Bertz CT molecular complexity index is 1690. The maximum atomic E-state index is 14.1. The number of para-hydroxylation sites is 1. The molecule has 1 unspecified atom stereocenters. The number of halogens is 3. The van der Waals surface area contributed by atoms with E-state index < -0.39 is 11.7 Å². The molecule has 0 spiro atoms. The van der Waals surface area contributed by atoms with Gasteiger partial charge in [-0.15, -0.1) is 0 Å². The van der Waals surface area contributed by atoms with Crippen LogP contribution < -0.4 is 15.4 Å². The van der Waals surface area contributed by atoms with Crippen LogP contribution in [0.1, 0.15) is 54.9 Å². The van der Waals surface area contributed by atoms with Crippen molar-refractivity contribution < 1.29 is 13.9 Å². The van der Waals surface area contributed by atoms with Gasteiger partial charge in [0.15, 0.2) is 5.78 Å². The van der Waals surface area contributed by atoms with Gasteiger partial charge in [-0.3, -0.25) is 9.69 Å². The summed E-state index contributed by atoms with van der Waals surface area (Å²) in [6.07, 6.45) is 0.860. The number of carbonyl (C=O) groups excluding carboxylic acids is 1. The van der Waals surface area contributed by atoms with Crippen molar-refractivity contribution in [1.82, 2.24) is 0 Å². The predicted molar refractivity (Wildman–Crippen MR) is 160 cm³/mol. The lowest BCUT2D eigenvalue weighted by Crippen LogP contribution is -2.42. The van der Waals surface area contributed by atoms with E-state index in [2.05, 4.69) is 6.07 Å². The number of aryl methyl sites for hydroxylation is 1. The second-order valence-electron chi connectivity index (χ2n) is 11.4. The summed E-state index contributed by atoms with van der Waals surface area (Å²) in [5.41, 5.74) is 12.0. The molecule has 0 radical (unpaired) electrons. The van der Waals surface area contributed by atoms with Gasteiger partial charge in [0.2, 0.25) is 0 Å². The summed E-state index contributed by atoms with van der Waals surface area (Å²) in [6.45, 7) is 8.25. The van der Waals surface area contributed by atoms with Gasteiger partial charge in [0.1, 0.15) is 24.0 Å². The number of rotatable bonds is 5. The zero-order valence-corrected chi connectivity index (χ0v) is 24.8. The zero-order valence-electron chi connectivity index (χ0n) is 23.3. The number of nitrogens with two attached hydrogens (primary N) is 1. The molecule has 0 fully saturated rings. The molecule has 5 nitrogen and oxygen atoms in total. The smallest absolute Gasteiger partial charge is 0.162 e. The normalized spacial score (nSPS) is 18.3. The fourth-order valence-corrected chi connectivity index (χ4v) is 6.23. The van der Waals surface area contributed by atoms with Gasteiger partial charge in [-0.2, -0.15) is 5.26 Å². The highest BCUT2D eigenvalue weighted by atomic mass is 35.5. The molecular formula is C33H30Cl2FN3O2. The highest BCUT2D eigenvalue weighted by Crippen LogP contribution is 2.51. The van der Waals surface area contributed by atoms with Gasteiger partial charge in [0.25, 0.3) is 0 Å². The summed E-state index contributed by atoms with van der Waals surface area (Å²) in [6, 6.07) is 17.9. The van der Waals surface area contributed by atoms with E-state index in [-0.39, 0.29) is 34.2 Å². The number of Topliss-reactive ketones (excluding diaryl/α,β-unsaturated/α-hetero) is 1. The van der Waals surface area contributed by atoms with E-state index in [1.165, 1.54) is 12.1 Å². The van der Waals surface area contributed by atoms with Crippen LogP contribution in [0.4, 0.5) is 10.1 Å². The average Bonchev–Trinajstić information content (AvgIpc) is 2.90. The summed E-state index contributed by atoms with van der Waals surface area (Å²) in [4.78, 5) is 15.6. The van der Waals surface area contributed by atoms with Crippen molar-refractivity contribution >= 4 is 34.7 Å². The van der Waals surface area contributed by atoms with Crippen LogP contribution in [0.25, 0.3) is 0 Å². The third-order valence-electron chi connectivity index (χ3n) is 7.77. The van der Waals surface area contributed by atoms with Crippen LogP contribution in [0.2, 0.25) is 10.0 Å². The van der Waals surface area contributed by atoms with E-state index >= 15 is 0 Å². The second-order valence-corrected chi connectivity index (χ2v) is 12.3. The standard InChI is InChI=1S/C33H30Cl2FN3O2/c1-18-11-20(17-41-29-8-6-5-7-24(29)34)19(2)22(12-18)30-23(16-37)32(38)39(21-9-10-26(36)25(35)13-21)27-14-33(3,4)15-28(40)31(27)30/h5-13,30H,14-15,17,38H2,1-4H3. The van der Waals surface area contributed by atoms with Crippen LogP contribution in [0.15, 0.2) is 77.3 Å². The van der Waals surface area contributed by atoms with E-state index in [9.17, 15) is 14.4 Å². The summed E-state index contributed by atoms with van der Waals surface area (Å²) >= 11 is 12.5. The first-order valence-electron chi connectivity index (χ1n) is 13.3. The number of ketones is 1. The molecule has 3 aromatic rings.